The minimum absolute atomic E-state index is 0.0358. The van der Waals surface area contributed by atoms with Gasteiger partial charge in [0.2, 0.25) is 0 Å². The lowest BCUT2D eigenvalue weighted by Gasteiger charge is -2.45. The number of para-hydroxylation sites is 3. The maximum Gasteiger partial charge on any atom is 0.252 e. The predicted molar refractivity (Wildman–Crippen MR) is 342 cm³/mol. The Bertz CT molecular complexity index is 4300. The van der Waals surface area contributed by atoms with Gasteiger partial charge in [-0.2, -0.15) is 0 Å². The first-order valence-electron chi connectivity index (χ1n) is 29.0. The molecule has 400 valence electrons. The largest absolute Gasteiger partial charge is 0.489 e. The number of aryl methyl sites for hydroxylation is 3. The van der Waals surface area contributed by atoms with Crippen LogP contribution in [-0.2, 0) is 10.8 Å². The number of benzene rings is 10. The molecule has 1 aliphatic carbocycles. The highest BCUT2D eigenvalue weighted by molar-refractivity contribution is 7.00. The van der Waals surface area contributed by atoms with Gasteiger partial charge in [-0.1, -0.05) is 150 Å². The fourth-order valence-corrected chi connectivity index (χ4v) is 13.9. The van der Waals surface area contributed by atoms with Crippen LogP contribution in [0.1, 0.15) is 74.4 Å². The molecule has 0 unspecified atom stereocenters. The normalized spacial score (nSPS) is 14.4. The molecule has 0 amide bonds. The topological polar surface area (TPSA) is 41.3 Å². The van der Waals surface area contributed by atoms with E-state index in [0.29, 0.717) is 13.2 Å². The molecule has 0 saturated carbocycles. The van der Waals surface area contributed by atoms with Gasteiger partial charge < -0.3 is 28.6 Å². The van der Waals surface area contributed by atoms with Crippen LogP contribution in [-0.4, -0.2) is 19.9 Å². The minimum atomic E-state index is -0.177. The summed E-state index contributed by atoms with van der Waals surface area (Å²) < 4.78 is 20.4. The fourth-order valence-electron chi connectivity index (χ4n) is 13.9. The molecule has 1 aromatic heterocycles. The summed E-state index contributed by atoms with van der Waals surface area (Å²) in [6, 6.07) is 76.4. The standard InChI is InChI=1S/C75H64BN3O3/c1-46-36-65-70-66(37-46)79(71-47(2)38-53(39-48(71)3)74(4,5)6)72-63(32-33-68-73(72)81-35-19-34-80-68)76(70)62-31-29-56(77(54-21-11-9-12-22-54)55-23-13-10-14-24-55)45-64(62)78(65)57-41-51(40-52(42-57)69-44-50-20-15-18-27-67(50)82-69)49-28-30-59-58-25-16-17-26-60(58)75(7,8)61(59)43-49/h9-18,20-33,36-45H,19,34-35H2,1-8H3. The van der Waals surface area contributed by atoms with Gasteiger partial charge in [-0.3, -0.25) is 0 Å². The van der Waals surface area contributed by atoms with Gasteiger partial charge in [0.1, 0.15) is 11.3 Å². The quantitative estimate of drug-likeness (QED) is 0.148. The summed E-state index contributed by atoms with van der Waals surface area (Å²) in [5.41, 5.74) is 27.5. The van der Waals surface area contributed by atoms with Crippen LogP contribution in [0.2, 0.25) is 0 Å². The first-order chi connectivity index (χ1) is 39.8. The predicted octanol–water partition coefficient (Wildman–Crippen LogP) is 18.0. The Kier molecular flexibility index (Phi) is 11.4. The molecule has 0 fully saturated rings. The molecule has 4 aliphatic rings. The van der Waals surface area contributed by atoms with Crippen molar-refractivity contribution in [2.24, 2.45) is 0 Å². The zero-order chi connectivity index (χ0) is 55.8. The highest BCUT2D eigenvalue weighted by Crippen LogP contribution is 2.54. The van der Waals surface area contributed by atoms with E-state index in [1.165, 1.54) is 55.3 Å². The van der Waals surface area contributed by atoms with Crippen molar-refractivity contribution in [1.29, 1.82) is 0 Å². The molecule has 15 rings (SSSR count). The summed E-state index contributed by atoms with van der Waals surface area (Å²) in [6.45, 7) is 19.4. The summed E-state index contributed by atoms with van der Waals surface area (Å²) in [5.74, 6) is 2.40. The summed E-state index contributed by atoms with van der Waals surface area (Å²) in [4.78, 5) is 7.48. The van der Waals surface area contributed by atoms with Gasteiger partial charge in [-0.15, -0.1) is 0 Å². The van der Waals surface area contributed by atoms with E-state index in [1.807, 2.05) is 0 Å². The van der Waals surface area contributed by atoms with Gasteiger partial charge in [0, 0.05) is 62.6 Å². The van der Waals surface area contributed by atoms with Crippen LogP contribution < -0.4 is 40.6 Å². The minimum Gasteiger partial charge on any atom is -0.489 e. The average molecular weight is 1070 g/mol. The molecule has 0 bridgehead atoms. The molecule has 3 aliphatic heterocycles. The Balaban J connectivity index is 1.03. The number of nitrogens with zero attached hydrogens (tertiary/aromatic N) is 3. The molecule has 0 atom stereocenters. The number of rotatable bonds is 7. The fraction of sp³-hybridized carbons (Fsp3) is 0.173. The van der Waals surface area contributed by atoms with E-state index in [0.717, 1.165) is 108 Å². The number of furan rings is 1. The molecule has 4 heterocycles. The van der Waals surface area contributed by atoms with Gasteiger partial charge in [0.15, 0.2) is 11.5 Å². The number of anilines is 9. The molecule has 0 spiro atoms. The Labute approximate surface area is 481 Å². The van der Waals surface area contributed by atoms with Gasteiger partial charge in [-0.25, -0.2) is 0 Å². The van der Waals surface area contributed by atoms with Crippen LogP contribution in [0, 0.1) is 20.8 Å². The van der Waals surface area contributed by atoms with Crippen molar-refractivity contribution in [2.75, 3.05) is 27.9 Å². The summed E-state index contributed by atoms with van der Waals surface area (Å²) in [6.07, 6.45) is 0.802. The molecule has 82 heavy (non-hydrogen) atoms. The van der Waals surface area contributed by atoms with E-state index in [2.05, 4.69) is 276 Å². The Morgan fingerprint density at radius 3 is 1.91 bits per heavy atom. The second kappa shape index (κ2) is 18.7. The lowest BCUT2D eigenvalue weighted by Crippen LogP contribution is -2.61. The van der Waals surface area contributed by atoms with Crippen molar-refractivity contribution >= 4 is 85.3 Å². The summed E-state index contributed by atoms with van der Waals surface area (Å²) in [7, 11) is 0. The molecule has 11 aromatic rings. The van der Waals surface area contributed by atoms with Crippen molar-refractivity contribution in [3.05, 3.63) is 240 Å². The van der Waals surface area contributed by atoms with Crippen molar-refractivity contribution in [2.45, 2.75) is 72.6 Å². The van der Waals surface area contributed by atoms with Crippen LogP contribution in [0.3, 0.4) is 0 Å². The third kappa shape index (κ3) is 7.84. The Hall–Kier alpha value is -9.20. The van der Waals surface area contributed by atoms with Crippen molar-refractivity contribution in [3.63, 3.8) is 0 Å². The van der Waals surface area contributed by atoms with Crippen LogP contribution in [0.15, 0.2) is 211 Å². The lowest BCUT2D eigenvalue weighted by molar-refractivity contribution is 0.297. The zero-order valence-electron chi connectivity index (χ0n) is 47.9. The smallest absolute Gasteiger partial charge is 0.252 e. The van der Waals surface area contributed by atoms with Crippen LogP contribution in [0.25, 0.3) is 44.5 Å². The average Bonchev–Trinajstić information content (AvgIpc) is 1.10. The second-order valence-corrected chi connectivity index (χ2v) is 24.5. The summed E-state index contributed by atoms with van der Waals surface area (Å²) in [5, 5.41) is 1.07. The molecule has 10 aromatic carbocycles. The number of hydrogen-bond donors (Lipinski definition) is 0. The second-order valence-electron chi connectivity index (χ2n) is 24.5. The van der Waals surface area contributed by atoms with E-state index >= 15 is 0 Å². The van der Waals surface area contributed by atoms with E-state index < -0.39 is 0 Å². The first kappa shape index (κ1) is 49.8. The van der Waals surface area contributed by atoms with E-state index in [-0.39, 0.29) is 17.5 Å². The van der Waals surface area contributed by atoms with Gasteiger partial charge in [0.05, 0.1) is 24.6 Å². The third-order valence-corrected chi connectivity index (χ3v) is 17.7. The van der Waals surface area contributed by atoms with Crippen LogP contribution >= 0.6 is 0 Å². The van der Waals surface area contributed by atoms with Gasteiger partial charge in [0.25, 0.3) is 6.71 Å². The van der Waals surface area contributed by atoms with E-state index in [1.54, 1.807) is 0 Å². The SMILES string of the molecule is Cc1cc2c3c(c1)N(c1c(C)cc(C(C)(C)C)cc1C)c1c(ccc4c1OCCCO4)B3c1ccc(N(c3ccccc3)c3ccccc3)cc1N2c1cc(-c2ccc3c(c2)C(C)(C)c2ccccc2-3)cc(-c2cc3ccccc3o2)c1. The highest BCUT2D eigenvalue weighted by atomic mass is 16.5. The van der Waals surface area contributed by atoms with Crippen LogP contribution in [0.5, 0.6) is 11.5 Å². The van der Waals surface area contributed by atoms with E-state index in [4.69, 9.17) is 13.9 Å². The number of hydrogen-bond acceptors (Lipinski definition) is 6. The van der Waals surface area contributed by atoms with Gasteiger partial charge >= 0.3 is 0 Å². The molecule has 6 nitrogen and oxygen atoms in total. The molecule has 0 N–H and O–H groups in total. The van der Waals surface area contributed by atoms with Crippen LogP contribution in [0.4, 0.5) is 51.2 Å². The van der Waals surface area contributed by atoms with Crippen molar-refractivity contribution < 1.29 is 13.9 Å². The molecular formula is C75H64BN3O3. The van der Waals surface area contributed by atoms with E-state index in [9.17, 15) is 0 Å². The highest BCUT2D eigenvalue weighted by Gasteiger charge is 2.46. The van der Waals surface area contributed by atoms with Crippen molar-refractivity contribution in [1.82, 2.24) is 0 Å². The van der Waals surface area contributed by atoms with Gasteiger partial charge in [-0.05, 0) is 189 Å². The number of fused-ring (bicyclic) bond motifs is 10. The molecule has 7 heteroatoms. The zero-order valence-corrected chi connectivity index (χ0v) is 47.9. The number of ether oxygens (including phenoxy) is 2. The third-order valence-electron chi connectivity index (χ3n) is 17.7. The Morgan fingerprint density at radius 1 is 0.512 bits per heavy atom. The van der Waals surface area contributed by atoms with Crippen molar-refractivity contribution in [3.8, 4) is 45.1 Å². The maximum absolute atomic E-state index is 6.97. The molecule has 0 saturated heterocycles. The lowest BCUT2D eigenvalue weighted by atomic mass is 9.33. The monoisotopic (exact) mass is 1070 g/mol. The summed E-state index contributed by atoms with van der Waals surface area (Å²) >= 11 is 0. The Morgan fingerprint density at radius 2 is 1.17 bits per heavy atom. The maximum atomic E-state index is 6.97. The first-order valence-corrected chi connectivity index (χ1v) is 29.0. The molecular weight excluding hydrogens is 1000 g/mol. The molecule has 0 radical (unpaired) electrons.